The summed E-state index contributed by atoms with van der Waals surface area (Å²) >= 11 is 0. The molecule has 42 heavy (non-hydrogen) atoms. The van der Waals surface area contributed by atoms with Gasteiger partial charge in [0.1, 0.15) is 17.7 Å². The summed E-state index contributed by atoms with van der Waals surface area (Å²) in [4.78, 5) is 43.3. The van der Waals surface area contributed by atoms with Gasteiger partial charge in [-0.15, -0.1) is 0 Å². The molecule has 0 spiro atoms. The van der Waals surface area contributed by atoms with Crippen molar-refractivity contribution in [3.8, 4) is 0 Å². The van der Waals surface area contributed by atoms with Crippen LogP contribution in [-0.4, -0.2) is 54.5 Å². The number of anilines is 4. The van der Waals surface area contributed by atoms with Crippen LogP contribution < -0.4 is 15.5 Å². The van der Waals surface area contributed by atoms with Gasteiger partial charge < -0.3 is 20.4 Å². The van der Waals surface area contributed by atoms with Crippen molar-refractivity contribution < 1.29 is 18.4 Å². The number of benzene rings is 1. The number of nitrogens with zero attached hydrogens (tertiary/aromatic N) is 6. The van der Waals surface area contributed by atoms with Crippen molar-refractivity contribution in [2.45, 2.75) is 50.7 Å². The van der Waals surface area contributed by atoms with Gasteiger partial charge in [-0.1, -0.05) is 0 Å². The van der Waals surface area contributed by atoms with Crippen LogP contribution >= 0.6 is 0 Å². The highest BCUT2D eigenvalue weighted by molar-refractivity contribution is 5.97. The van der Waals surface area contributed by atoms with Gasteiger partial charge in [-0.05, 0) is 62.1 Å². The second-order valence-corrected chi connectivity index (χ2v) is 10.8. The average molecular weight is 572 g/mol. The minimum Gasteiger partial charge on any atom is -0.329 e. The van der Waals surface area contributed by atoms with Crippen molar-refractivity contribution in [3.63, 3.8) is 0 Å². The molecule has 3 N–H and O–H groups in total. The molecule has 1 unspecified atom stereocenters. The lowest BCUT2D eigenvalue weighted by molar-refractivity contribution is -0.117. The summed E-state index contributed by atoms with van der Waals surface area (Å²) in [6.07, 6.45) is 4.86. The molecule has 3 aromatic heterocycles. The van der Waals surface area contributed by atoms with Gasteiger partial charge >= 0.3 is 0 Å². The Labute approximate surface area is 239 Å². The quantitative estimate of drug-likeness (QED) is 0.281. The number of rotatable bonds is 7. The van der Waals surface area contributed by atoms with E-state index in [2.05, 4.69) is 25.8 Å². The van der Waals surface area contributed by atoms with Crippen LogP contribution in [0.1, 0.15) is 58.9 Å². The number of aromatic amines is 1. The topological polar surface area (TPSA) is 132 Å². The Balaban J connectivity index is 1.18. The molecular weight excluding hydrogens is 544 g/mol. The number of pyridine rings is 1. The lowest BCUT2D eigenvalue weighted by Gasteiger charge is -2.25. The van der Waals surface area contributed by atoms with Crippen molar-refractivity contribution in [2.24, 2.45) is 0 Å². The first-order valence-corrected chi connectivity index (χ1v) is 13.9. The first-order valence-electron chi connectivity index (χ1n) is 13.9. The molecule has 0 radical (unpaired) electrons. The molecule has 4 aromatic rings. The number of aromatic nitrogens is 5. The van der Waals surface area contributed by atoms with Crippen LogP contribution in [0.3, 0.4) is 0 Å². The molecular formula is C29H27F2N9O2. The molecule has 11 nitrogen and oxygen atoms in total. The molecule has 0 bridgehead atoms. The Kier molecular flexibility index (Phi) is 6.48. The number of carbonyl (C=O) groups is 2. The van der Waals surface area contributed by atoms with Gasteiger partial charge in [0.05, 0.1) is 30.7 Å². The molecule has 1 saturated carbocycles. The minimum absolute atomic E-state index is 0.232. The highest BCUT2D eigenvalue weighted by Crippen LogP contribution is 2.40. The van der Waals surface area contributed by atoms with E-state index in [1.54, 1.807) is 4.90 Å². The van der Waals surface area contributed by atoms with Gasteiger partial charge in [-0.2, -0.15) is 14.5 Å². The molecule has 2 fully saturated rings. The number of amides is 2. The van der Waals surface area contributed by atoms with E-state index in [4.69, 9.17) is 9.97 Å². The smallest absolute Gasteiger partial charge is 0.254 e. The molecule has 2 aliphatic heterocycles. The van der Waals surface area contributed by atoms with Gasteiger partial charge in [-0.3, -0.25) is 14.7 Å². The Bertz CT molecular complexity index is 1650. The van der Waals surface area contributed by atoms with Crippen molar-refractivity contribution >= 4 is 35.1 Å². The SMILES string of the molecule is O=C(Nc1ccc(F)nc1)C1CCCN1c1nc2c(c(Nc3cc(C4CC4)[nH]n3)n1)CN(C(=O)c1ccc(F)cc1)C2. The first-order chi connectivity index (χ1) is 20.4. The fourth-order valence-corrected chi connectivity index (χ4v) is 5.47. The van der Waals surface area contributed by atoms with Gasteiger partial charge in [0, 0.05) is 35.3 Å². The van der Waals surface area contributed by atoms with E-state index in [9.17, 15) is 18.4 Å². The molecule has 1 aromatic carbocycles. The molecule has 13 heteroatoms. The lowest BCUT2D eigenvalue weighted by Crippen LogP contribution is -2.40. The number of halogens is 2. The third kappa shape index (κ3) is 5.13. The Hall–Kier alpha value is -4.94. The van der Waals surface area contributed by atoms with E-state index in [1.165, 1.54) is 42.6 Å². The van der Waals surface area contributed by atoms with Crippen LogP contribution in [0.15, 0.2) is 48.7 Å². The Morgan fingerprint density at radius 2 is 1.83 bits per heavy atom. The normalized spacial score (nSPS) is 17.8. The number of H-pyrrole nitrogens is 1. The minimum atomic E-state index is -0.629. The third-order valence-corrected chi connectivity index (χ3v) is 7.82. The zero-order chi connectivity index (χ0) is 28.8. The lowest BCUT2D eigenvalue weighted by atomic mass is 10.2. The molecule has 1 aliphatic carbocycles. The van der Waals surface area contributed by atoms with E-state index in [0.717, 1.165) is 30.5 Å². The van der Waals surface area contributed by atoms with Gasteiger partial charge in [-0.25, -0.2) is 14.4 Å². The summed E-state index contributed by atoms with van der Waals surface area (Å²) in [6, 6.07) is 9.51. The van der Waals surface area contributed by atoms with Crippen molar-refractivity contribution in [1.29, 1.82) is 0 Å². The predicted octanol–water partition coefficient (Wildman–Crippen LogP) is 4.26. The average Bonchev–Trinajstić information content (AvgIpc) is 3.35. The summed E-state index contributed by atoms with van der Waals surface area (Å²) in [6.45, 7) is 1.05. The van der Waals surface area contributed by atoms with Crippen LogP contribution in [0.5, 0.6) is 0 Å². The highest BCUT2D eigenvalue weighted by Gasteiger charge is 2.36. The summed E-state index contributed by atoms with van der Waals surface area (Å²) in [5, 5.41) is 13.6. The zero-order valence-corrected chi connectivity index (χ0v) is 22.5. The number of hydrogen-bond donors (Lipinski definition) is 3. The molecule has 214 valence electrons. The van der Waals surface area contributed by atoms with Crippen molar-refractivity contribution in [1.82, 2.24) is 30.0 Å². The highest BCUT2D eigenvalue weighted by atomic mass is 19.1. The fraction of sp³-hybridized carbons (Fsp3) is 0.310. The molecule has 5 heterocycles. The Morgan fingerprint density at radius 3 is 2.60 bits per heavy atom. The van der Waals surface area contributed by atoms with Crippen LogP contribution in [-0.2, 0) is 17.9 Å². The monoisotopic (exact) mass is 571 g/mol. The number of nitrogens with one attached hydrogen (secondary N) is 3. The zero-order valence-electron chi connectivity index (χ0n) is 22.5. The van der Waals surface area contributed by atoms with Gasteiger partial charge in [0.2, 0.25) is 17.8 Å². The fourth-order valence-electron chi connectivity index (χ4n) is 5.47. The van der Waals surface area contributed by atoms with Crippen molar-refractivity contribution in [3.05, 3.63) is 82.9 Å². The van der Waals surface area contributed by atoms with E-state index >= 15 is 0 Å². The second-order valence-electron chi connectivity index (χ2n) is 10.8. The maximum atomic E-state index is 13.5. The maximum absolute atomic E-state index is 13.5. The van der Waals surface area contributed by atoms with E-state index in [-0.39, 0.29) is 24.9 Å². The number of hydrogen-bond acceptors (Lipinski definition) is 8. The van der Waals surface area contributed by atoms with E-state index < -0.39 is 17.8 Å². The van der Waals surface area contributed by atoms with E-state index in [1.807, 2.05) is 11.0 Å². The molecule has 1 atom stereocenters. The summed E-state index contributed by atoms with van der Waals surface area (Å²) in [7, 11) is 0. The van der Waals surface area contributed by atoms with E-state index in [0.29, 0.717) is 53.4 Å². The molecule has 3 aliphatic rings. The van der Waals surface area contributed by atoms with Gasteiger partial charge in [0.15, 0.2) is 5.82 Å². The second kappa shape index (κ2) is 10.5. The Morgan fingerprint density at radius 1 is 1.00 bits per heavy atom. The van der Waals surface area contributed by atoms with Crippen LogP contribution in [0.2, 0.25) is 0 Å². The summed E-state index contributed by atoms with van der Waals surface area (Å²) in [5.74, 6) is 0.400. The van der Waals surface area contributed by atoms with Crippen LogP contribution in [0.25, 0.3) is 0 Å². The maximum Gasteiger partial charge on any atom is 0.254 e. The predicted molar refractivity (Wildman–Crippen MR) is 149 cm³/mol. The van der Waals surface area contributed by atoms with Gasteiger partial charge in [0.25, 0.3) is 5.91 Å². The number of fused-ring (bicyclic) bond motifs is 1. The number of carbonyl (C=O) groups excluding carboxylic acids is 2. The molecule has 7 rings (SSSR count). The molecule has 2 amide bonds. The standard InChI is InChI=1S/C29H27F2N9O2/c30-18-7-5-17(6-8-18)28(42)39-14-20-22(15-39)34-29(36-26(20)35-25-12-21(37-38-25)16-3-4-16)40-11-1-2-23(40)27(41)33-19-9-10-24(31)32-13-19/h5-10,12-13,16,23H,1-4,11,14-15H2,(H,33,41)(H2,34,35,36,37,38). The molecule has 1 saturated heterocycles. The summed E-state index contributed by atoms with van der Waals surface area (Å²) < 4.78 is 26.7. The summed E-state index contributed by atoms with van der Waals surface area (Å²) in [5.41, 5.74) is 3.24. The van der Waals surface area contributed by atoms with Crippen LogP contribution in [0.4, 0.5) is 32.1 Å². The van der Waals surface area contributed by atoms with Crippen LogP contribution in [0, 0.1) is 11.8 Å². The first kappa shape index (κ1) is 26.0. The van der Waals surface area contributed by atoms with Crippen molar-refractivity contribution in [2.75, 3.05) is 22.1 Å². The largest absolute Gasteiger partial charge is 0.329 e. The third-order valence-electron chi connectivity index (χ3n) is 7.82.